The third-order valence-electron chi connectivity index (χ3n) is 4.57. The Hall–Kier alpha value is -3.71. The monoisotopic (exact) mass is 338 g/mol. The Morgan fingerprint density at radius 2 is 1.85 bits per heavy atom. The minimum Gasteiger partial charge on any atom is -0.506 e. The van der Waals surface area contributed by atoms with Crippen molar-refractivity contribution in [2.24, 2.45) is 7.05 Å². The maximum absolute atomic E-state index is 9.98. The van der Waals surface area contributed by atoms with Gasteiger partial charge in [0.2, 0.25) is 11.2 Å². The van der Waals surface area contributed by atoms with Gasteiger partial charge in [0.1, 0.15) is 24.4 Å². The Morgan fingerprint density at radius 3 is 2.69 bits per heavy atom. The number of para-hydroxylation sites is 1. The fourth-order valence-corrected chi connectivity index (χ4v) is 3.21. The minimum absolute atomic E-state index is 0.167. The van der Waals surface area contributed by atoms with E-state index in [0.717, 1.165) is 27.5 Å². The van der Waals surface area contributed by atoms with Gasteiger partial charge in [0.15, 0.2) is 0 Å². The Balaban J connectivity index is 1.87. The molecule has 4 heteroatoms. The summed E-state index contributed by atoms with van der Waals surface area (Å²) in [4.78, 5) is 4.25. The summed E-state index contributed by atoms with van der Waals surface area (Å²) in [7, 11) is 1.99. The zero-order chi connectivity index (χ0) is 18.1. The quantitative estimate of drug-likeness (QED) is 0.563. The highest BCUT2D eigenvalue weighted by molar-refractivity contribution is 5.94. The molecule has 124 valence electrons. The van der Waals surface area contributed by atoms with Crippen molar-refractivity contribution in [1.29, 1.82) is 5.26 Å². The topological polar surface area (TPSA) is 60.8 Å². The lowest BCUT2D eigenvalue weighted by molar-refractivity contribution is -0.646. The van der Waals surface area contributed by atoms with Gasteiger partial charge in [-0.15, -0.1) is 0 Å². The first-order chi connectivity index (χ1) is 12.7. The number of nitrogens with zero attached hydrogens (tertiary/aromatic N) is 3. The van der Waals surface area contributed by atoms with Crippen LogP contribution in [0.2, 0.25) is 0 Å². The number of fused-ring (bicyclic) bond motifs is 2. The van der Waals surface area contributed by atoms with Gasteiger partial charge in [-0.2, -0.15) is 9.83 Å². The molecule has 0 aliphatic carbocycles. The van der Waals surface area contributed by atoms with Crippen LogP contribution in [0, 0.1) is 11.3 Å². The van der Waals surface area contributed by atoms with Gasteiger partial charge in [-0.25, -0.2) is 0 Å². The molecule has 0 aliphatic rings. The molecule has 2 heterocycles. The van der Waals surface area contributed by atoms with Crippen molar-refractivity contribution in [2.45, 2.75) is 0 Å². The first-order valence-electron chi connectivity index (χ1n) is 8.25. The Morgan fingerprint density at radius 1 is 1.04 bits per heavy atom. The molecule has 0 amide bonds. The minimum atomic E-state index is 0.167. The number of nitriles is 1. The summed E-state index contributed by atoms with van der Waals surface area (Å²) < 4.78 is 2.06. The van der Waals surface area contributed by atoms with Crippen LogP contribution in [0.5, 0.6) is 5.75 Å². The molecule has 0 aliphatic heterocycles. The molecular weight excluding hydrogens is 322 g/mol. The molecule has 0 atom stereocenters. The van der Waals surface area contributed by atoms with E-state index in [-0.39, 0.29) is 5.75 Å². The average Bonchev–Trinajstić information content (AvgIpc) is 2.69. The molecule has 1 N–H and O–H groups in total. The number of rotatable bonds is 2. The van der Waals surface area contributed by atoms with E-state index in [4.69, 9.17) is 0 Å². The van der Waals surface area contributed by atoms with E-state index < -0.39 is 0 Å². The SMILES string of the molecule is C[n+]1c(C=Cc2ccc(O)c3ncccc23)cc(C#N)c2ccccc21. The highest BCUT2D eigenvalue weighted by atomic mass is 16.3. The maximum Gasteiger partial charge on any atom is 0.214 e. The number of phenols is 1. The Labute approximate surface area is 150 Å². The van der Waals surface area contributed by atoms with Crippen LogP contribution in [-0.2, 0) is 7.05 Å². The van der Waals surface area contributed by atoms with E-state index in [1.807, 2.05) is 67.7 Å². The standard InChI is InChI=1S/C22H15N3O/c1-25-17(13-16(14-23)18-5-2-3-7-20(18)25)10-8-15-9-11-21(26)22-19(15)6-4-12-24-22/h2-13H,1H3/p+1. The van der Waals surface area contributed by atoms with Gasteiger partial charge in [-0.1, -0.05) is 24.3 Å². The molecule has 0 spiro atoms. The first kappa shape index (κ1) is 15.8. The van der Waals surface area contributed by atoms with E-state index in [9.17, 15) is 10.4 Å². The maximum atomic E-state index is 9.98. The van der Waals surface area contributed by atoms with Crippen LogP contribution < -0.4 is 4.57 Å². The summed E-state index contributed by atoms with van der Waals surface area (Å²) in [5.41, 5.74) is 4.11. The van der Waals surface area contributed by atoms with Crippen molar-refractivity contribution < 1.29 is 9.67 Å². The number of hydrogen-bond acceptors (Lipinski definition) is 3. The molecule has 0 fully saturated rings. The molecule has 0 bridgehead atoms. The molecular formula is C22H16N3O+. The van der Waals surface area contributed by atoms with Crippen molar-refractivity contribution in [2.75, 3.05) is 0 Å². The van der Waals surface area contributed by atoms with E-state index in [2.05, 4.69) is 15.6 Å². The third kappa shape index (κ3) is 2.56. The fourth-order valence-electron chi connectivity index (χ4n) is 3.21. The van der Waals surface area contributed by atoms with Crippen molar-refractivity contribution in [3.05, 3.63) is 77.6 Å². The van der Waals surface area contributed by atoms with Gasteiger partial charge in [0, 0.05) is 29.8 Å². The normalized spacial score (nSPS) is 11.2. The second kappa shape index (κ2) is 6.30. The molecule has 0 saturated carbocycles. The lowest BCUT2D eigenvalue weighted by Gasteiger charge is -2.04. The summed E-state index contributed by atoms with van der Waals surface area (Å²) in [5.74, 6) is 0.167. The van der Waals surface area contributed by atoms with Crippen LogP contribution in [0.3, 0.4) is 0 Å². The molecule has 0 saturated heterocycles. The number of pyridine rings is 2. The number of hydrogen-bond donors (Lipinski definition) is 1. The van der Waals surface area contributed by atoms with Crippen molar-refractivity contribution in [1.82, 2.24) is 4.98 Å². The van der Waals surface area contributed by atoms with Crippen LogP contribution in [-0.4, -0.2) is 10.1 Å². The van der Waals surface area contributed by atoms with Crippen molar-refractivity contribution >= 4 is 34.0 Å². The zero-order valence-corrected chi connectivity index (χ0v) is 14.2. The summed E-state index contributed by atoms with van der Waals surface area (Å²) >= 11 is 0. The van der Waals surface area contributed by atoms with Crippen LogP contribution in [0.15, 0.2) is 60.8 Å². The smallest absolute Gasteiger partial charge is 0.214 e. The van der Waals surface area contributed by atoms with Crippen LogP contribution in [0.1, 0.15) is 16.8 Å². The molecule has 4 rings (SSSR count). The molecule has 2 aromatic carbocycles. The second-order valence-corrected chi connectivity index (χ2v) is 6.08. The van der Waals surface area contributed by atoms with Gasteiger partial charge in [-0.3, -0.25) is 4.98 Å². The molecule has 2 aromatic heterocycles. The van der Waals surface area contributed by atoms with Gasteiger partial charge >= 0.3 is 0 Å². The van der Waals surface area contributed by atoms with E-state index in [1.165, 1.54) is 0 Å². The van der Waals surface area contributed by atoms with E-state index >= 15 is 0 Å². The summed E-state index contributed by atoms with van der Waals surface area (Å²) in [6, 6.07) is 19.3. The predicted molar refractivity (Wildman–Crippen MR) is 102 cm³/mol. The number of aryl methyl sites for hydroxylation is 1. The van der Waals surface area contributed by atoms with Gasteiger partial charge in [0.25, 0.3) is 0 Å². The van der Waals surface area contributed by atoms with Crippen LogP contribution in [0.4, 0.5) is 0 Å². The van der Waals surface area contributed by atoms with Gasteiger partial charge < -0.3 is 5.11 Å². The largest absolute Gasteiger partial charge is 0.506 e. The summed E-state index contributed by atoms with van der Waals surface area (Å²) in [6.07, 6.45) is 5.62. The van der Waals surface area contributed by atoms with Gasteiger partial charge in [0.05, 0.1) is 10.9 Å². The highest BCUT2D eigenvalue weighted by Crippen LogP contribution is 2.26. The summed E-state index contributed by atoms with van der Waals surface area (Å²) in [5, 5.41) is 21.3. The number of aromatic nitrogens is 2. The zero-order valence-electron chi connectivity index (χ0n) is 14.2. The van der Waals surface area contributed by atoms with Crippen molar-refractivity contribution in [3.8, 4) is 11.8 Å². The molecule has 4 aromatic rings. The number of aromatic hydroxyl groups is 1. The fraction of sp³-hybridized carbons (Fsp3) is 0.0455. The third-order valence-corrected chi connectivity index (χ3v) is 4.57. The lowest BCUT2D eigenvalue weighted by Crippen LogP contribution is -2.33. The molecule has 0 radical (unpaired) electrons. The van der Waals surface area contributed by atoms with Gasteiger partial charge in [-0.05, 0) is 29.8 Å². The van der Waals surface area contributed by atoms with Crippen molar-refractivity contribution in [3.63, 3.8) is 0 Å². The van der Waals surface area contributed by atoms with E-state index in [1.54, 1.807) is 12.3 Å². The second-order valence-electron chi connectivity index (χ2n) is 6.08. The molecule has 0 unspecified atom stereocenters. The average molecular weight is 338 g/mol. The molecule has 26 heavy (non-hydrogen) atoms. The van der Waals surface area contributed by atoms with Crippen LogP contribution in [0.25, 0.3) is 34.0 Å². The van der Waals surface area contributed by atoms with Crippen LogP contribution >= 0.6 is 0 Å². The highest BCUT2D eigenvalue weighted by Gasteiger charge is 2.14. The lowest BCUT2D eigenvalue weighted by atomic mass is 10.1. The first-order valence-corrected chi connectivity index (χ1v) is 8.25. The molecule has 4 nitrogen and oxygen atoms in total. The predicted octanol–water partition coefficient (Wildman–Crippen LogP) is 3.96. The summed E-state index contributed by atoms with van der Waals surface area (Å²) in [6.45, 7) is 0. The Kier molecular flexibility index (Phi) is 3.83. The Bertz CT molecular complexity index is 1220. The van der Waals surface area contributed by atoms with E-state index in [0.29, 0.717) is 11.1 Å². The number of phenolic OH excluding ortho intramolecular Hbond substituents is 1. The number of benzene rings is 2.